The summed E-state index contributed by atoms with van der Waals surface area (Å²) in [7, 11) is -3.51. The summed E-state index contributed by atoms with van der Waals surface area (Å²) < 4.78 is 23.2. The fourth-order valence-electron chi connectivity index (χ4n) is 1.12. The van der Waals surface area contributed by atoms with E-state index >= 15 is 0 Å². The van der Waals surface area contributed by atoms with Gasteiger partial charge in [-0.25, -0.2) is 8.42 Å². The third-order valence-corrected chi connectivity index (χ3v) is 4.31. The summed E-state index contributed by atoms with van der Waals surface area (Å²) in [5.41, 5.74) is 0.644. The molecule has 0 aromatic heterocycles. The molecule has 0 aliphatic heterocycles. The smallest absolute Gasteiger partial charge is 0.168 e. The maximum Gasteiger partial charge on any atom is 0.168 e. The molecule has 4 nitrogen and oxygen atoms in total. The van der Waals surface area contributed by atoms with Gasteiger partial charge in [0.1, 0.15) is 5.25 Å². The van der Waals surface area contributed by atoms with Crippen molar-refractivity contribution in [2.45, 2.75) is 24.2 Å². The van der Waals surface area contributed by atoms with E-state index in [1.165, 1.54) is 6.92 Å². The zero-order valence-electron chi connectivity index (χ0n) is 8.37. The zero-order valence-corrected chi connectivity index (χ0v) is 9.18. The number of hydrogen-bond acceptors (Lipinski definition) is 4. The molecule has 15 heavy (non-hydrogen) atoms. The molecule has 0 amide bonds. The van der Waals surface area contributed by atoms with Gasteiger partial charge < -0.3 is 10.2 Å². The predicted molar refractivity (Wildman–Crippen MR) is 56.8 cm³/mol. The first-order chi connectivity index (χ1) is 6.93. The van der Waals surface area contributed by atoms with Crippen LogP contribution in [0.5, 0.6) is 0 Å². The summed E-state index contributed by atoms with van der Waals surface area (Å²) in [5.74, 6) is -0.174. The molecule has 0 aliphatic carbocycles. The van der Waals surface area contributed by atoms with E-state index in [0.29, 0.717) is 5.56 Å². The molecule has 1 atom stereocenters. The largest absolute Gasteiger partial charge is 0.367 e. The Hall–Kier alpha value is -0.910. The average molecular weight is 230 g/mol. The number of rotatable bonds is 4. The lowest BCUT2D eigenvalue weighted by molar-refractivity contribution is -0.0384. The van der Waals surface area contributed by atoms with Crippen LogP contribution in [-0.4, -0.2) is 30.2 Å². The lowest BCUT2D eigenvalue weighted by Gasteiger charge is -2.14. The average Bonchev–Trinajstić information content (AvgIpc) is 2.17. The van der Waals surface area contributed by atoms with E-state index in [1.54, 1.807) is 30.3 Å². The maximum absolute atomic E-state index is 11.6. The van der Waals surface area contributed by atoms with Crippen molar-refractivity contribution in [2.24, 2.45) is 0 Å². The molecule has 1 rings (SSSR count). The Balaban J connectivity index is 2.82. The molecule has 2 N–H and O–H groups in total. The van der Waals surface area contributed by atoms with Gasteiger partial charge >= 0.3 is 0 Å². The molecule has 0 saturated carbocycles. The van der Waals surface area contributed by atoms with Crippen molar-refractivity contribution < 1.29 is 18.6 Å². The summed E-state index contributed by atoms with van der Waals surface area (Å²) in [5, 5.41) is 16.5. The van der Waals surface area contributed by atoms with E-state index in [-0.39, 0.29) is 5.75 Å². The molecule has 0 saturated heterocycles. The summed E-state index contributed by atoms with van der Waals surface area (Å²) in [6.07, 6.45) is -1.83. The molecular weight excluding hydrogens is 216 g/mol. The first kappa shape index (κ1) is 12.2. The highest BCUT2D eigenvalue weighted by molar-refractivity contribution is 7.91. The Morgan fingerprint density at radius 2 is 1.73 bits per heavy atom. The Labute approximate surface area is 89.1 Å². The summed E-state index contributed by atoms with van der Waals surface area (Å²) in [6, 6.07) is 8.65. The molecule has 0 heterocycles. The number of aliphatic hydroxyl groups is 2. The minimum absolute atomic E-state index is 0.174. The van der Waals surface area contributed by atoms with Crippen molar-refractivity contribution >= 4 is 9.84 Å². The highest BCUT2D eigenvalue weighted by atomic mass is 32.2. The van der Waals surface area contributed by atoms with Crippen LogP contribution in [0.25, 0.3) is 0 Å². The quantitative estimate of drug-likeness (QED) is 0.730. The van der Waals surface area contributed by atoms with Gasteiger partial charge in [-0.05, 0) is 12.5 Å². The lowest BCUT2D eigenvalue weighted by atomic mass is 10.2. The second kappa shape index (κ2) is 4.74. The molecule has 0 fully saturated rings. The van der Waals surface area contributed by atoms with Gasteiger partial charge in [-0.15, -0.1) is 0 Å². The van der Waals surface area contributed by atoms with Crippen LogP contribution in [0.15, 0.2) is 30.3 Å². The topological polar surface area (TPSA) is 74.6 Å². The molecular formula is C10H14O4S. The van der Waals surface area contributed by atoms with E-state index < -0.39 is 21.4 Å². The fourth-order valence-corrected chi connectivity index (χ4v) is 2.41. The first-order valence-corrected chi connectivity index (χ1v) is 6.26. The molecule has 1 unspecified atom stereocenters. The van der Waals surface area contributed by atoms with Gasteiger partial charge in [0.05, 0.1) is 5.75 Å². The van der Waals surface area contributed by atoms with Gasteiger partial charge in [0.2, 0.25) is 0 Å². The van der Waals surface area contributed by atoms with Crippen molar-refractivity contribution in [3.8, 4) is 0 Å². The van der Waals surface area contributed by atoms with Gasteiger partial charge in [-0.3, -0.25) is 0 Å². The standard InChI is InChI=1S/C10H14O4S/c1-8(10(11)12)15(13,14)7-9-5-3-2-4-6-9/h2-6,8,10-12H,7H2,1H3. The van der Waals surface area contributed by atoms with E-state index in [4.69, 9.17) is 10.2 Å². The van der Waals surface area contributed by atoms with E-state index in [0.717, 1.165) is 0 Å². The molecule has 84 valence electrons. The SMILES string of the molecule is CC(C(O)O)S(=O)(=O)Cc1ccccc1. The van der Waals surface area contributed by atoms with Crippen molar-refractivity contribution in [1.29, 1.82) is 0 Å². The molecule has 0 spiro atoms. The predicted octanol–water partition coefficient (Wildman–Crippen LogP) is 0.301. The first-order valence-electron chi connectivity index (χ1n) is 4.55. The highest BCUT2D eigenvalue weighted by Crippen LogP contribution is 2.12. The second-order valence-electron chi connectivity index (χ2n) is 3.41. The van der Waals surface area contributed by atoms with Crippen LogP contribution >= 0.6 is 0 Å². The van der Waals surface area contributed by atoms with Crippen molar-refractivity contribution in [2.75, 3.05) is 0 Å². The van der Waals surface area contributed by atoms with Crippen LogP contribution in [0.3, 0.4) is 0 Å². The van der Waals surface area contributed by atoms with E-state index in [2.05, 4.69) is 0 Å². The van der Waals surface area contributed by atoms with Crippen molar-refractivity contribution in [3.05, 3.63) is 35.9 Å². The second-order valence-corrected chi connectivity index (χ2v) is 5.77. The number of benzene rings is 1. The fraction of sp³-hybridized carbons (Fsp3) is 0.400. The maximum atomic E-state index is 11.6. The number of hydrogen-bond donors (Lipinski definition) is 2. The van der Waals surface area contributed by atoms with Crippen LogP contribution in [0.2, 0.25) is 0 Å². The normalized spacial score (nSPS) is 14.1. The summed E-state index contributed by atoms with van der Waals surface area (Å²) >= 11 is 0. The molecule has 0 aliphatic rings. The lowest BCUT2D eigenvalue weighted by Crippen LogP contribution is -2.31. The Bertz CT molecular complexity index is 397. The van der Waals surface area contributed by atoms with Crippen molar-refractivity contribution in [3.63, 3.8) is 0 Å². The highest BCUT2D eigenvalue weighted by Gasteiger charge is 2.26. The monoisotopic (exact) mass is 230 g/mol. The molecule has 1 aromatic carbocycles. The minimum Gasteiger partial charge on any atom is -0.367 e. The Kier molecular flexibility index (Phi) is 3.84. The van der Waals surface area contributed by atoms with Crippen LogP contribution in [0.4, 0.5) is 0 Å². The number of sulfone groups is 1. The molecule has 0 radical (unpaired) electrons. The van der Waals surface area contributed by atoms with Crippen LogP contribution < -0.4 is 0 Å². The van der Waals surface area contributed by atoms with Crippen LogP contribution in [-0.2, 0) is 15.6 Å². The third kappa shape index (κ3) is 3.30. The summed E-state index contributed by atoms with van der Waals surface area (Å²) in [4.78, 5) is 0. The number of aliphatic hydroxyl groups excluding tert-OH is 1. The molecule has 1 aromatic rings. The Morgan fingerprint density at radius 3 is 2.20 bits per heavy atom. The molecule has 5 heteroatoms. The summed E-state index contributed by atoms with van der Waals surface area (Å²) in [6.45, 7) is 1.28. The third-order valence-electron chi connectivity index (χ3n) is 2.20. The van der Waals surface area contributed by atoms with Crippen LogP contribution in [0, 0.1) is 0 Å². The van der Waals surface area contributed by atoms with Gasteiger partial charge in [0.15, 0.2) is 16.1 Å². The minimum atomic E-state index is -3.51. The van der Waals surface area contributed by atoms with E-state index in [1.807, 2.05) is 0 Å². The van der Waals surface area contributed by atoms with Crippen molar-refractivity contribution in [1.82, 2.24) is 0 Å². The van der Waals surface area contributed by atoms with E-state index in [9.17, 15) is 8.42 Å². The van der Waals surface area contributed by atoms with Gasteiger partial charge in [0.25, 0.3) is 0 Å². The van der Waals surface area contributed by atoms with Crippen LogP contribution in [0.1, 0.15) is 12.5 Å². The van der Waals surface area contributed by atoms with Gasteiger partial charge in [0, 0.05) is 0 Å². The molecule has 0 bridgehead atoms. The Morgan fingerprint density at radius 1 is 1.20 bits per heavy atom. The zero-order chi connectivity index (χ0) is 11.5. The van der Waals surface area contributed by atoms with Gasteiger partial charge in [-0.2, -0.15) is 0 Å². The van der Waals surface area contributed by atoms with Gasteiger partial charge in [-0.1, -0.05) is 30.3 Å².